The third kappa shape index (κ3) is 4.45. The summed E-state index contributed by atoms with van der Waals surface area (Å²) >= 11 is 0. The molecule has 0 radical (unpaired) electrons. The van der Waals surface area contributed by atoms with Crippen LogP contribution in [0.5, 0.6) is 0 Å². The average Bonchev–Trinajstić information content (AvgIpc) is 3.23. The Morgan fingerprint density at radius 2 is 1.81 bits per heavy atom. The molecule has 4 atom stereocenters. The van der Waals surface area contributed by atoms with Crippen molar-refractivity contribution in [2.75, 3.05) is 21.3 Å². The number of aryl methyl sites for hydroxylation is 1. The molecular weight excluding hydrogens is 363 g/mol. The highest BCUT2D eigenvalue weighted by Gasteiger charge is 2.60. The zero-order chi connectivity index (χ0) is 19.7. The number of hydrogen-bond acceptors (Lipinski definition) is 4. The molecule has 0 amide bonds. The van der Waals surface area contributed by atoms with Crippen molar-refractivity contribution in [3.63, 3.8) is 0 Å². The molecule has 3 rings (SSSR count). The van der Waals surface area contributed by atoms with Gasteiger partial charge in [0.05, 0.1) is 17.7 Å². The second-order valence-electron chi connectivity index (χ2n) is 8.77. The molecule has 0 aliphatic carbocycles. The minimum absolute atomic E-state index is 0.153. The molecule has 0 aromatic heterocycles. The van der Waals surface area contributed by atoms with Crippen LogP contribution in [-0.2, 0) is 24.4 Å². The van der Waals surface area contributed by atoms with Crippen LogP contribution < -0.4 is 0 Å². The van der Waals surface area contributed by atoms with Crippen LogP contribution in [0.1, 0.15) is 45.1 Å². The topological polar surface area (TPSA) is 36.9 Å². The van der Waals surface area contributed by atoms with Gasteiger partial charge in [0.2, 0.25) is 0 Å². The molecule has 1 aromatic carbocycles. The highest BCUT2D eigenvalue weighted by molar-refractivity contribution is 6.62. The van der Waals surface area contributed by atoms with Crippen molar-refractivity contribution >= 4 is 8.80 Å². The van der Waals surface area contributed by atoms with Crippen LogP contribution in [0.3, 0.4) is 0 Å². The molecule has 4 unspecified atom stereocenters. The quantitative estimate of drug-likeness (QED) is 0.572. The van der Waals surface area contributed by atoms with Gasteiger partial charge in [-0.3, -0.25) is 0 Å². The first-order valence-electron chi connectivity index (χ1n) is 9.88. The number of benzene rings is 1. The van der Waals surface area contributed by atoms with Gasteiger partial charge < -0.3 is 18.0 Å². The van der Waals surface area contributed by atoms with Gasteiger partial charge in [-0.05, 0) is 61.1 Å². The van der Waals surface area contributed by atoms with Gasteiger partial charge in [-0.25, -0.2) is 4.39 Å². The van der Waals surface area contributed by atoms with Crippen molar-refractivity contribution in [3.05, 3.63) is 35.6 Å². The number of halogens is 1. The summed E-state index contributed by atoms with van der Waals surface area (Å²) in [6, 6.07) is 6.95. The van der Waals surface area contributed by atoms with E-state index in [1.807, 2.05) is 6.07 Å². The Hall–Kier alpha value is -0.793. The van der Waals surface area contributed by atoms with Gasteiger partial charge in [-0.15, -0.1) is 0 Å². The van der Waals surface area contributed by atoms with Gasteiger partial charge in [-0.2, -0.15) is 0 Å². The van der Waals surface area contributed by atoms with E-state index in [-0.39, 0.29) is 29.0 Å². The Balaban J connectivity index is 1.55. The second-order valence-corrected chi connectivity index (χ2v) is 11.9. The SMILES string of the molecule is CO[Si](OC)(OC)C1CC2OC1CC2CC(C)(C)CCc1cccc(F)c1. The van der Waals surface area contributed by atoms with Gasteiger partial charge in [0.15, 0.2) is 0 Å². The molecule has 0 N–H and O–H groups in total. The molecule has 2 saturated heterocycles. The van der Waals surface area contributed by atoms with E-state index in [9.17, 15) is 4.39 Å². The fraction of sp³-hybridized carbons (Fsp3) is 0.714. The highest BCUT2D eigenvalue weighted by Crippen LogP contribution is 2.53. The summed E-state index contributed by atoms with van der Waals surface area (Å²) in [5.41, 5.74) is 1.50. The van der Waals surface area contributed by atoms with Crippen molar-refractivity contribution in [1.29, 1.82) is 0 Å². The average molecular weight is 397 g/mol. The van der Waals surface area contributed by atoms with Gasteiger partial charge in [0.1, 0.15) is 5.82 Å². The zero-order valence-electron chi connectivity index (χ0n) is 17.2. The van der Waals surface area contributed by atoms with Crippen molar-refractivity contribution in [1.82, 2.24) is 0 Å². The maximum Gasteiger partial charge on any atom is 0.506 e. The first kappa shape index (κ1) is 20.9. The molecule has 2 fully saturated rings. The normalized spacial score (nSPS) is 28.1. The number of fused-ring (bicyclic) bond motifs is 2. The van der Waals surface area contributed by atoms with Crippen LogP contribution in [0, 0.1) is 17.2 Å². The monoisotopic (exact) mass is 396 g/mol. The van der Waals surface area contributed by atoms with E-state index in [1.54, 1.807) is 33.5 Å². The van der Waals surface area contributed by atoms with E-state index in [2.05, 4.69) is 13.8 Å². The van der Waals surface area contributed by atoms with E-state index in [4.69, 9.17) is 18.0 Å². The number of rotatable bonds is 9. The minimum atomic E-state index is -2.65. The summed E-state index contributed by atoms with van der Waals surface area (Å²) in [7, 11) is 2.38. The lowest BCUT2D eigenvalue weighted by Gasteiger charge is -2.36. The molecule has 0 spiro atoms. The van der Waals surface area contributed by atoms with Gasteiger partial charge in [0.25, 0.3) is 0 Å². The third-order valence-corrected chi connectivity index (χ3v) is 9.67. The largest absolute Gasteiger partial charge is 0.506 e. The van der Waals surface area contributed by atoms with Gasteiger partial charge >= 0.3 is 8.80 Å². The Kier molecular flexibility index (Phi) is 6.43. The summed E-state index contributed by atoms with van der Waals surface area (Å²) in [4.78, 5) is 0. The Labute approximate surface area is 163 Å². The molecule has 27 heavy (non-hydrogen) atoms. The van der Waals surface area contributed by atoms with Crippen LogP contribution in [0.2, 0.25) is 5.54 Å². The summed E-state index contributed by atoms with van der Waals surface area (Å²) in [5.74, 6) is 0.408. The van der Waals surface area contributed by atoms with Gasteiger partial charge in [-0.1, -0.05) is 26.0 Å². The molecule has 2 aliphatic heterocycles. The highest BCUT2D eigenvalue weighted by atomic mass is 28.4. The van der Waals surface area contributed by atoms with Crippen LogP contribution >= 0.6 is 0 Å². The summed E-state index contributed by atoms with van der Waals surface area (Å²) in [6.45, 7) is 4.63. The molecule has 0 saturated carbocycles. The predicted octanol–water partition coefficient (Wildman–Crippen LogP) is 4.60. The van der Waals surface area contributed by atoms with E-state index >= 15 is 0 Å². The molecule has 1 aromatic rings. The first-order chi connectivity index (χ1) is 12.8. The fourth-order valence-electron chi connectivity index (χ4n) is 5.03. The molecule has 4 nitrogen and oxygen atoms in total. The van der Waals surface area contributed by atoms with Crippen LogP contribution in [0.4, 0.5) is 4.39 Å². The molecule has 6 heteroatoms. The third-order valence-electron chi connectivity index (χ3n) is 6.45. The number of hydrogen-bond donors (Lipinski definition) is 0. The summed E-state index contributed by atoms with van der Waals surface area (Å²) in [6.07, 6.45) is 5.51. The molecule has 152 valence electrons. The first-order valence-corrected chi connectivity index (χ1v) is 11.7. The van der Waals surface area contributed by atoms with Crippen molar-refractivity contribution in [2.24, 2.45) is 11.3 Å². The molecule has 2 bridgehead atoms. The lowest BCUT2D eigenvalue weighted by Crippen LogP contribution is -2.51. The Bertz CT molecular complexity index is 626. The Morgan fingerprint density at radius 1 is 1.11 bits per heavy atom. The molecule has 2 aliphatic rings. The van der Waals surface area contributed by atoms with Crippen molar-refractivity contribution in [3.8, 4) is 0 Å². The van der Waals surface area contributed by atoms with E-state index in [1.165, 1.54) is 6.07 Å². The second kappa shape index (κ2) is 8.29. The lowest BCUT2D eigenvalue weighted by atomic mass is 9.74. The van der Waals surface area contributed by atoms with Crippen molar-refractivity contribution < 1.29 is 22.4 Å². The number of ether oxygens (including phenoxy) is 1. The smallest absolute Gasteiger partial charge is 0.377 e. The lowest BCUT2D eigenvalue weighted by molar-refractivity contribution is 0.0713. The minimum Gasteiger partial charge on any atom is -0.377 e. The standard InChI is InChI=1S/C21H33FO4Si/c1-21(2,10-9-15-7-6-8-17(22)11-15)14-16-12-19-20(13-18(16)26-19)27(23-3,24-4)25-5/h6-8,11,16,18-20H,9-10,12-14H2,1-5H3. The van der Waals surface area contributed by atoms with Crippen LogP contribution in [0.15, 0.2) is 24.3 Å². The molecule has 2 heterocycles. The van der Waals surface area contributed by atoms with Crippen LogP contribution in [0.25, 0.3) is 0 Å². The van der Waals surface area contributed by atoms with Crippen molar-refractivity contribution in [2.45, 2.75) is 63.7 Å². The van der Waals surface area contributed by atoms with Crippen LogP contribution in [-0.4, -0.2) is 42.3 Å². The van der Waals surface area contributed by atoms with E-state index < -0.39 is 8.80 Å². The summed E-state index contributed by atoms with van der Waals surface area (Å²) in [5, 5.41) is 0. The van der Waals surface area contributed by atoms with E-state index in [0.29, 0.717) is 5.92 Å². The predicted molar refractivity (Wildman–Crippen MR) is 105 cm³/mol. The molecular formula is C21H33FO4Si. The maximum atomic E-state index is 13.4. The van der Waals surface area contributed by atoms with E-state index in [0.717, 1.165) is 37.7 Å². The maximum absolute atomic E-state index is 13.4. The summed E-state index contributed by atoms with van der Waals surface area (Å²) < 4.78 is 36.7. The zero-order valence-corrected chi connectivity index (χ0v) is 18.2. The van der Waals surface area contributed by atoms with Gasteiger partial charge in [0, 0.05) is 21.3 Å². The fourth-order valence-corrected chi connectivity index (χ4v) is 7.63. The Morgan fingerprint density at radius 3 is 2.37 bits per heavy atom.